The summed E-state index contributed by atoms with van der Waals surface area (Å²) in [5.41, 5.74) is 0.0342. The van der Waals surface area contributed by atoms with Crippen LogP contribution in [0.3, 0.4) is 0 Å². The Bertz CT molecular complexity index is 1280. The molecule has 4 rings (SSSR count). The van der Waals surface area contributed by atoms with E-state index in [0.717, 1.165) is 9.40 Å². The lowest BCUT2D eigenvalue weighted by atomic mass is 10.0. The molecule has 0 bridgehead atoms. The number of anilines is 1. The van der Waals surface area contributed by atoms with E-state index in [9.17, 15) is 23.6 Å². The number of likely N-dealkylation sites (tertiary alicyclic amines) is 1. The SMILES string of the molecule is CC(C)CC(NC(=O)c1cc2sccc2s1)C(=O)NC1CCCN(C(=O)Nc2ccccc2F)CC1=O. The summed E-state index contributed by atoms with van der Waals surface area (Å²) in [6, 6.07) is 7.42. The van der Waals surface area contributed by atoms with Crippen molar-refractivity contribution < 1.29 is 23.6 Å². The summed E-state index contributed by atoms with van der Waals surface area (Å²) in [7, 11) is 0. The number of hydrogen-bond donors (Lipinski definition) is 3. The van der Waals surface area contributed by atoms with Gasteiger partial charge in [-0.05, 0) is 54.8 Å². The number of halogens is 1. The number of rotatable bonds is 7. The first-order valence-corrected chi connectivity index (χ1v) is 13.8. The first-order valence-electron chi connectivity index (χ1n) is 12.1. The number of carbonyl (C=O) groups excluding carboxylic acids is 4. The lowest BCUT2D eigenvalue weighted by Gasteiger charge is -2.23. The fraction of sp³-hybridized carbons (Fsp3) is 0.385. The lowest BCUT2D eigenvalue weighted by molar-refractivity contribution is -0.129. The highest BCUT2D eigenvalue weighted by molar-refractivity contribution is 7.27. The number of thiophene rings is 2. The Morgan fingerprint density at radius 2 is 1.95 bits per heavy atom. The maximum absolute atomic E-state index is 13.9. The van der Waals surface area contributed by atoms with Gasteiger partial charge in [0, 0.05) is 15.9 Å². The molecule has 3 heterocycles. The number of para-hydroxylation sites is 1. The topological polar surface area (TPSA) is 108 Å². The largest absolute Gasteiger partial charge is 0.344 e. The van der Waals surface area contributed by atoms with Crippen LogP contribution in [0.1, 0.15) is 42.8 Å². The number of Topliss-reactive ketones (excluding diaryl/α,β-unsaturated/α-hetero) is 1. The van der Waals surface area contributed by atoms with Crippen LogP contribution in [0.4, 0.5) is 14.9 Å². The number of ketones is 1. The van der Waals surface area contributed by atoms with Crippen molar-refractivity contribution in [2.24, 2.45) is 5.92 Å². The second kappa shape index (κ2) is 11.8. The predicted molar refractivity (Wildman–Crippen MR) is 144 cm³/mol. The molecule has 0 radical (unpaired) electrons. The highest BCUT2D eigenvalue weighted by Gasteiger charge is 2.31. The fourth-order valence-corrected chi connectivity index (χ4v) is 6.20. The minimum absolute atomic E-state index is 0.0342. The van der Waals surface area contributed by atoms with Gasteiger partial charge in [-0.3, -0.25) is 14.4 Å². The third kappa shape index (κ3) is 6.72. The molecule has 2 unspecified atom stereocenters. The van der Waals surface area contributed by atoms with Crippen LogP contribution in [0.2, 0.25) is 0 Å². The van der Waals surface area contributed by atoms with Crippen molar-refractivity contribution in [2.75, 3.05) is 18.4 Å². The third-order valence-corrected chi connectivity index (χ3v) is 8.16. The van der Waals surface area contributed by atoms with E-state index in [2.05, 4.69) is 16.0 Å². The van der Waals surface area contributed by atoms with E-state index < -0.39 is 29.8 Å². The molecular formula is C26H29FN4O4S2. The van der Waals surface area contributed by atoms with Crippen LogP contribution in [0.25, 0.3) is 9.40 Å². The zero-order chi connectivity index (χ0) is 26.5. The molecule has 2 aromatic heterocycles. The molecular weight excluding hydrogens is 515 g/mol. The van der Waals surface area contributed by atoms with E-state index >= 15 is 0 Å². The standard InChI is InChI=1S/C26H29FN4O4S2/c1-15(2)12-19(29-25(34)23-13-22-21(37-23)9-11-36-22)24(33)28-18-8-5-10-31(14-20(18)32)26(35)30-17-7-4-3-6-16(17)27/h3-4,6-7,9,11,13,15,18-19H,5,8,10,12,14H2,1-2H3,(H,28,33)(H,29,34)(H,30,35). The van der Waals surface area contributed by atoms with Crippen molar-refractivity contribution in [3.05, 3.63) is 52.5 Å². The molecule has 196 valence electrons. The maximum Gasteiger partial charge on any atom is 0.322 e. The molecule has 1 fully saturated rings. The minimum Gasteiger partial charge on any atom is -0.344 e. The van der Waals surface area contributed by atoms with Gasteiger partial charge in [0.25, 0.3) is 5.91 Å². The number of nitrogens with zero attached hydrogens (tertiary/aromatic N) is 1. The van der Waals surface area contributed by atoms with Gasteiger partial charge in [-0.2, -0.15) is 0 Å². The predicted octanol–water partition coefficient (Wildman–Crippen LogP) is 4.63. The molecule has 1 saturated heterocycles. The Morgan fingerprint density at radius 3 is 2.68 bits per heavy atom. The first kappa shape index (κ1) is 26.7. The number of fused-ring (bicyclic) bond motifs is 1. The van der Waals surface area contributed by atoms with Crippen molar-refractivity contribution in [1.29, 1.82) is 0 Å². The van der Waals surface area contributed by atoms with Crippen molar-refractivity contribution in [1.82, 2.24) is 15.5 Å². The second-order valence-electron chi connectivity index (χ2n) is 9.42. The van der Waals surface area contributed by atoms with Crippen LogP contribution in [0, 0.1) is 11.7 Å². The Balaban J connectivity index is 1.37. The van der Waals surface area contributed by atoms with Crippen LogP contribution in [0.15, 0.2) is 41.8 Å². The average Bonchev–Trinajstić information content (AvgIpc) is 3.41. The Morgan fingerprint density at radius 1 is 1.16 bits per heavy atom. The molecule has 0 spiro atoms. The van der Waals surface area contributed by atoms with Gasteiger partial charge in [-0.1, -0.05) is 26.0 Å². The van der Waals surface area contributed by atoms with E-state index in [1.165, 1.54) is 34.4 Å². The molecule has 1 aliphatic rings. The van der Waals surface area contributed by atoms with E-state index in [0.29, 0.717) is 30.7 Å². The molecule has 37 heavy (non-hydrogen) atoms. The van der Waals surface area contributed by atoms with E-state index in [1.807, 2.05) is 31.4 Å². The summed E-state index contributed by atoms with van der Waals surface area (Å²) in [5, 5.41) is 10.1. The van der Waals surface area contributed by atoms with E-state index in [1.54, 1.807) is 17.4 Å². The van der Waals surface area contributed by atoms with Gasteiger partial charge < -0.3 is 20.9 Å². The second-order valence-corrected chi connectivity index (χ2v) is 11.4. The zero-order valence-corrected chi connectivity index (χ0v) is 22.2. The third-order valence-electron chi connectivity index (χ3n) is 6.07. The van der Waals surface area contributed by atoms with Crippen LogP contribution < -0.4 is 16.0 Å². The molecule has 8 nitrogen and oxygen atoms in total. The number of amides is 4. The van der Waals surface area contributed by atoms with Crippen LogP contribution in [0.5, 0.6) is 0 Å². The van der Waals surface area contributed by atoms with E-state index in [4.69, 9.17) is 0 Å². The molecule has 2 atom stereocenters. The highest BCUT2D eigenvalue weighted by Crippen LogP contribution is 2.30. The molecule has 0 aliphatic carbocycles. The molecule has 3 aromatic rings. The zero-order valence-electron chi connectivity index (χ0n) is 20.6. The first-order chi connectivity index (χ1) is 17.7. The van der Waals surface area contributed by atoms with Crippen LogP contribution >= 0.6 is 22.7 Å². The maximum atomic E-state index is 13.9. The number of urea groups is 1. The normalized spacial score (nSPS) is 16.9. The minimum atomic E-state index is -0.802. The summed E-state index contributed by atoms with van der Waals surface area (Å²) in [6.45, 7) is 3.99. The monoisotopic (exact) mass is 544 g/mol. The van der Waals surface area contributed by atoms with Crippen molar-refractivity contribution >= 4 is 61.4 Å². The fourth-order valence-electron chi connectivity index (χ4n) is 4.19. The highest BCUT2D eigenvalue weighted by atomic mass is 32.1. The molecule has 0 saturated carbocycles. The van der Waals surface area contributed by atoms with Gasteiger partial charge in [0.15, 0.2) is 5.78 Å². The molecule has 3 N–H and O–H groups in total. The average molecular weight is 545 g/mol. The van der Waals surface area contributed by atoms with Gasteiger partial charge in [0.05, 0.1) is 23.2 Å². The van der Waals surface area contributed by atoms with Crippen LogP contribution in [-0.2, 0) is 9.59 Å². The molecule has 11 heteroatoms. The molecule has 1 aliphatic heterocycles. The van der Waals surface area contributed by atoms with Crippen molar-refractivity contribution in [3.63, 3.8) is 0 Å². The smallest absolute Gasteiger partial charge is 0.322 e. The van der Waals surface area contributed by atoms with Gasteiger partial charge in [-0.15, -0.1) is 22.7 Å². The summed E-state index contributed by atoms with van der Waals surface area (Å²) in [5.74, 6) is -1.50. The Labute approximate surface area is 222 Å². The number of hydrogen-bond acceptors (Lipinski definition) is 6. The van der Waals surface area contributed by atoms with E-state index in [-0.39, 0.29) is 29.8 Å². The number of carbonyl (C=O) groups is 4. The van der Waals surface area contributed by atoms with Crippen LogP contribution in [-0.4, -0.2) is 53.7 Å². The number of benzene rings is 1. The Hall–Kier alpha value is -3.31. The summed E-state index contributed by atoms with van der Waals surface area (Å²) in [6.07, 6.45) is 1.25. The van der Waals surface area contributed by atoms with Crippen molar-refractivity contribution in [3.8, 4) is 0 Å². The summed E-state index contributed by atoms with van der Waals surface area (Å²) < 4.78 is 15.9. The molecule has 4 amide bonds. The number of nitrogens with one attached hydrogen (secondary N) is 3. The van der Waals surface area contributed by atoms with Gasteiger partial charge in [-0.25, -0.2) is 9.18 Å². The lowest BCUT2D eigenvalue weighted by Crippen LogP contribution is -2.52. The molecule has 1 aromatic carbocycles. The van der Waals surface area contributed by atoms with Gasteiger partial charge >= 0.3 is 6.03 Å². The van der Waals surface area contributed by atoms with Gasteiger partial charge in [0.1, 0.15) is 11.9 Å². The summed E-state index contributed by atoms with van der Waals surface area (Å²) >= 11 is 2.93. The van der Waals surface area contributed by atoms with Gasteiger partial charge in [0.2, 0.25) is 5.91 Å². The van der Waals surface area contributed by atoms with Crippen molar-refractivity contribution in [2.45, 2.75) is 45.2 Å². The quantitative estimate of drug-likeness (QED) is 0.403. The summed E-state index contributed by atoms with van der Waals surface area (Å²) in [4.78, 5) is 53.5. The Kier molecular flexibility index (Phi) is 8.55.